The highest BCUT2D eigenvalue weighted by Crippen LogP contribution is 2.31. The van der Waals surface area contributed by atoms with Gasteiger partial charge in [-0.3, -0.25) is 9.69 Å². The predicted molar refractivity (Wildman–Crippen MR) is 88.5 cm³/mol. The molecular formula is C18H26N2O2. The van der Waals surface area contributed by atoms with Crippen molar-refractivity contribution in [3.8, 4) is 5.75 Å². The summed E-state index contributed by atoms with van der Waals surface area (Å²) in [4.78, 5) is 17.1. The smallest absolute Gasteiger partial charge is 0.241 e. The van der Waals surface area contributed by atoms with Gasteiger partial charge in [0, 0.05) is 24.3 Å². The molecule has 1 amide bonds. The van der Waals surface area contributed by atoms with Gasteiger partial charge in [-0.25, -0.2) is 0 Å². The second-order valence-corrected chi connectivity index (χ2v) is 6.59. The fourth-order valence-corrected chi connectivity index (χ4v) is 3.76. The third kappa shape index (κ3) is 2.84. The van der Waals surface area contributed by atoms with Gasteiger partial charge < -0.3 is 9.64 Å². The van der Waals surface area contributed by atoms with Gasteiger partial charge in [-0.2, -0.15) is 0 Å². The molecule has 1 fully saturated rings. The Hall–Kier alpha value is -1.55. The lowest BCUT2D eigenvalue weighted by Crippen LogP contribution is -2.45. The number of ether oxygens (including phenoxy) is 1. The van der Waals surface area contributed by atoms with E-state index in [4.69, 9.17) is 4.74 Å². The van der Waals surface area contributed by atoms with Crippen LogP contribution >= 0.6 is 0 Å². The molecule has 0 saturated carbocycles. The number of carbonyl (C=O) groups is 1. The number of fused-ring (bicyclic) bond motifs is 1. The van der Waals surface area contributed by atoms with Crippen LogP contribution in [0.15, 0.2) is 18.2 Å². The third-order valence-corrected chi connectivity index (χ3v) is 5.16. The summed E-state index contributed by atoms with van der Waals surface area (Å²) in [6.07, 6.45) is 4.44. The van der Waals surface area contributed by atoms with Gasteiger partial charge in [0.15, 0.2) is 0 Å². The lowest BCUT2D eigenvalue weighted by atomic mass is 10.0. The Morgan fingerprint density at radius 2 is 2.00 bits per heavy atom. The molecule has 120 valence electrons. The van der Waals surface area contributed by atoms with Crippen LogP contribution in [-0.2, 0) is 11.2 Å². The van der Waals surface area contributed by atoms with E-state index < -0.39 is 0 Å². The van der Waals surface area contributed by atoms with Gasteiger partial charge in [0.05, 0.1) is 13.7 Å². The average molecular weight is 302 g/mol. The van der Waals surface area contributed by atoms with E-state index in [1.54, 1.807) is 7.11 Å². The largest absolute Gasteiger partial charge is 0.497 e. The summed E-state index contributed by atoms with van der Waals surface area (Å²) < 4.78 is 5.30. The molecule has 2 heterocycles. The SMILES string of the molecule is COc1ccc2c(c1)CCCN2C(=O)CN1C(C)CCC1C. The van der Waals surface area contributed by atoms with Crippen LogP contribution in [-0.4, -0.2) is 43.1 Å². The quantitative estimate of drug-likeness (QED) is 0.861. The fourth-order valence-electron chi connectivity index (χ4n) is 3.76. The number of carbonyl (C=O) groups excluding carboxylic acids is 1. The van der Waals surface area contributed by atoms with E-state index in [9.17, 15) is 4.79 Å². The van der Waals surface area contributed by atoms with Gasteiger partial charge in [0.25, 0.3) is 0 Å². The highest BCUT2D eigenvalue weighted by atomic mass is 16.5. The van der Waals surface area contributed by atoms with Crippen molar-refractivity contribution in [2.45, 2.75) is 51.6 Å². The first-order valence-corrected chi connectivity index (χ1v) is 8.33. The molecule has 4 heteroatoms. The van der Waals surface area contributed by atoms with Crippen LogP contribution in [0.5, 0.6) is 5.75 Å². The van der Waals surface area contributed by atoms with E-state index in [2.05, 4.69) is 24.8 Å². The fraction of sp³-hybridized carbons (Fsp3) is 0.611. The van der Waals surface area contributed by atoms with Crippen LogP contribution in [0, 0.1) is 0 Å². The summed E-state index contributed by atoms with van der Waals surface area (Å²) in [5, 5.41) is 0. The first kappa shape index (κ1) is 15.3. The minimum absolute atomic E-state index is 0.228. The number of nitrogens with zero attached hydrogens (tertiary/aromatic N) is 2. The summed E-state index contributed by atoms with van der Waals surface area (Å²) in [5.41, 5.74) is 2.29. The summed E-state index contributed by atoms with van der Waals surface area (Å²) in [6, 6.07) is 7.07. The molecular weight excluding hydrogens is 276 g/mol. The second-order valence-electron chi connectivity index (χ2n) is 6.59. The molecule has 2 aliphatic rings. The average Bonchev–Trinajstić information content (AvgIpc) is 2.85. The predicted octanol–water partition coefficient (Wildman–Crippen LogP) is 2.85. The van der Waals surface area contributed by atoms with E-state index in [0.29, 0.717) is 18.6 Å². The summed E-state index contributed by atoms with van der Waals surface area (Å²) in [5.74, 6) is 1.10. The monoisotopic (exact) mass is 302 g/mol. The number of hydrogen-bond acceptors (Lipinski definition) is 3. The second kappa shape index (κ2) is 6.29. The molecule has 0 N–H and O–H groups in total. The zero-order chi connectivity index (χ0) is 15.7. The normalized spacial score (nSPS) is 25.1. The van der Waals surface area contributed by atoms with E-state index >= 15 is 0 Å². The van der Waals surface area contributed by atoms with Crippen molar-refractivity contribution in [3.05, 3.63) is 23.8 Å². The number of likely N-dealkylation sites (tertiary alicyclic amines) is 1. The minimum Gasteiger partial charge on any atom is -0.497 e. The van der Waals surface area contributed by atoms with Crippen molar-refractivity contribution < 1.29 is 9.53 Å². The summed E-state index contributed by atoms with van der Waals surface area (Å²) in [7, 11) is 1.68. The highest BCUT2D eigenvalue weighted by Gasteiger charge is 2.31. The zero-order valence-electron chi connectivity index (χ0n) is 13.8. The van der Waals surface area contributed by atoms with Crippen LogP contribution in [0.25, 0.3) is 0 Å². The molecule has 2 unspecified atom stereocenters. The number of anilines is 1. The van der Waals surface area contributed by atoms with E-state index in [1.165, 1.54) is 18.4 Å². The number of rotatable bonds is 3. The molecule has 0 spiro atoms. The topological polar surface area (TPSA) is 32.8 Å². The summed E-state index contributed by atoms with van der Waals surface area (Å²) in [6.45, 7) is 5.82. The van der Waals surface area contributed by atoms with E-state index in [-0.39, 0.29) is 5.91 Å². The Kier molecular flexibility index (Phi) is 4.39. The van der Waals surface area contributed by atoms with Crippen LogP contribution < -0.4 is 9.64 Å². The van der Waals surface area contributed by atoms with Gasteiger partial charge in [0.2, 0.25) is 5.91 Å². The zero-order valence-corrected chi connectivity index (χ0v) is 13.8. The lowest BCUT2D eigenvalue weighted by molar-refractivity contribution is -0.120. The Morgan fingerprint density at radius 1 is 1.27 bits per heavy atom. The molecule has 4 nitrogen and oxygen atoms in total. The molecule has 1 aromatic rings. The minimum atomic E-state index is 0.228. The van der Waals surface area contributed by atoms with Crippen LogP contribution in [0.4, 0.5) is 5.69 Å². The standard InChI is InChI=1S/C18H26N2O2/c1-13-6-7-14(2)20(13)12-18(21)19-10-4-5-15-11-16(22-3)8-9-17(15)19/h8-9,11,13-14H,4-7,10,12H2,1-3H3. The summed E-state index contributed by atoms with van der Waals surface area (Å²) >= 11 is 0. The molecule has 0 aliphatic carbocycles. The van der Waals surface area contributed by atoms with E-state index in [0.717, 1.165) is 30.8 Å². The van der Waals surface area contributed by atoms with Gasteiger partial charge in [0.1, 0.15) is 5.75 Å². The van der Waals surface area contributed by atoms with Crippen LogP contribution in [0.2, 0.25) is 0 Å². The Labute approximate surface area is 133 Å². The molecule has 2 atom stereocenters. The molecule has 3 rings (SSSR count). The van der Waals surface area contributed by atoms with Crippen molar-refractivity contribution in [2.24, 2.45) is 0 Å². The first-order valence-electron chi connectivity index (χ1n) is 8.33. The van der Waals surface area contributed by atoms with Gasteiger partial charge in [-0.1, -0.05) is 0 Å². The Bertz CT molecular complexity index is 548. The lowest BCUT2D eigenvalue weighted by Gasteiger charge is -2.33. The van der Waals surface area contributed by atoms with Crippen molar-refractivity contribution in [2.75, 3.05) is 25.1 Å². The number of aryl methyl sites for hydroxylation is 1. The first-order chi connectivity index (χ1) is 10.6. The highest BCUT2D eigenvalue weighted by molar-refractivity contribution is 5.96. The molecule has 0 bridgehead atoms. The number of methoxy groups -OCH3 is 1. The number of hydrogen-bond donors (Lipinski definition) is 0. The number of benzene rings is 1. The molecule has 0 aromatic heterocycles. The van der Waals surface area contributed by atoms with Gasteiger partial charge in [-0.15, -0.1) is 0 Å². The van der Waals surface area contributed by atoms with Crippen molar-refractivity contribution >= 4 is 11.6 Å². The molecule has 2 aliphatic heterocycles. The maximum Gasteiger partial charge on any atom is 0.241 e. The Morgan fingerprint density at radius 3 is 2.68 bits per heavy atom. The third-order valence-electron chi connectivity index (χ3n) is 5.16. The Balaban J connectivity index is 1.77. The van der Waals surface area contributed by atoms with Crippen molar-refractivity contribution in [3.63, 3.8) is 0 Å². The van der Waals surface area contributed by atoms with Crippen LogP contribution in [0.1, 0.15) is 38.7 Å². The van der Waals surface area contributed by atoms with Gasteiger partial charge >= 0.3 is 0 Å². The molecule has 1 aromatic carbocycles. The maximum atomic E-state index is 12.8. The maximum absolute atomic E-state index is 12.8. The van der Waals surface area contributed by atoms with E-state index in [1.807, 2.05) is 17.0 Å². The van der Waals surface area contributed by atoms with Crippen LogP contribution in [0.3, 0.4) is 0 Å². The van der Waals surface area contributed by atoms with Crippen molar-refractivity contribution in [1.29, 1.82) is 0 Å². The molecule has 0 radical (unpaired) electrons. The number of amides is 1. The molecule has 22 heavy (non-hydrogen) atoms. The van der Waals surface area contributed by atoms with Gasteiger partial charge in [-0.05, 0) is 63.3 Å². The van der Waals surface area contributed by atoms with Crippen molar-refractivity contribution in [1.82, 2.24) is 4.90 Å². The molecule has 1 saturated heterocycles.